The van der Waals surface area contributed by atoms with Crippen LogP contribution in [0.5, 0.6) is 0 Å². The van der Waals surface area contributed by atoms with E-state index in [9.17, 15) is 0 Å². The van der Waals surface area contributed by atoms with Gasteiger partial charge in [0.15, 0.2) is 0 Å². The summed E-state index contributed by atoms with van der Waals surface area (Å²) in [6.07, 6.45) is 13.6. The standard InChI is InChI=1S/C14H30OS2/c1-3-5-7-9-11-13-16-15-17-14-12-10-8-6-4-2/h3-14H2,1-2H3. The third kappa shape index (κ3) is 16.7. The number of unbranched alkanes of at least 4 members (excludes halogenated alkanes) is 8. The van der Waals surface area contributed by atoms with Gasteiger partial charge in [-0.25, -0.2) is 3.63 Å². The summed E-state index contributed by atoms with van der Waals surface area (Å²) in [6.45, 7) is 4.52. The van der Waals surface area contributed by atoms with Crippen molar-refractivity contribution in [2.24, 2.45) is 0 Å². The number of hydrogen-bond donors (Lipinski definition) is 0. The zero-order valence-corrected chi connectivity index (χ0v) is 13.3. The van der Waals surface area contributed by atoms with Crippen LogP contribution < -0.4 is 0 Å². The summed E-state index contributed by atoms with van der Waals surface area (Å²) in [7, 11) is 0. The summed E-state index contributed by atoms with van der Waals surface area (Å²) < 4.78 is 5.48. The van der Waals surface area contributed by atoms with Gasteiger partial charge in [-0.15, -0.1) is 0 Å². The van der Waals surface area contributed by atoms with Gasteiger partial charge >= 0.3 is 0 Å². The highest BCUT2D eigenvalue weighted by atomic mass is 32.2. The van der Waals surface area contributed by atoms with Gasteiger partial charge in [0.2, 0.25) is 0 Å². The topological polar surface area (TPSA) is 9.23 Å². The highest BCUT2D eigenvalue weighted by molar-refractivity contribution is 8.07. The van der Waals surface area contributed by atoms with Crippen molar-refractivity contribution in [3.63, 3.8) is 0 Å². The summed E-state index contributed by atoms with van der Waals surface area (Å²) in [4.78, 5) is 0. The summed E-state index contributed by atoms with van der Waals surface area (Å²) in [5.41, 5.74) is 0. The second-order valence-electron chi connectivity index (χ2n) is 4.54. The predicted octanol–water partition coefficient (Wildman–Crippen LogP) is 6.24. The van der Waals surface area contributed by atoms with E-state index in [4.69, 9.17) is 3.63 Å². The molecule has 0 saturated heterocycles. The van der Waals surface area contributed by atoms with E-state index in [1.54, 1.807) is 24.1 Å². The molecule has 0 aromatic carbocycles. The number of rotatable bonds is 14. The van der Waals surface area contributed by atoms with Crippen LogP contribution in [-0.4, -0.2) is 11.5 Å². The Hall–Kier alpha value is 0.660. The van der Waals surface area contributed by atoms with E-state index >= 15 is 0 Å². The van der Waals surface area contributed by atoms with E-state index in [0.29, 0.717) is 0 Å². The lowest BCUT2D eigenvalue weighted by molar-refractivity contribution is 0.649. The molecular formula is C14H30OS2. The highest BCUT2D eigenvalue weighted by Crippen LogP contribution is 2.18. The third-order valence-electron chi connectivity index (χ3n) is 2.76. The fraction of sp³-hybridized carbons (Fsp3) is 1.00. The SMILES string of the molecule is CCCCCCCSOSCCCCCCC. The van der Waals surface area contributed by atoms with Crippen LogP contribution in [-0.2, 0) is 3.63 Å². The van der Waals surface area contributed by atoms with Gasteiger partial charge in [-0.2, -0.15) is 0 Å². The summed E-state index contributed by atoms with van der Waals surface area (Å²) in [5.74, 6) is 2.32. The normalized spacial score (nSPS) is 10.9. The van der Waals surface area contributed by atoms with Gasteiger partial charge in [0.05, 0.1) is 0 Å². The fourth-order valence-electron chi connectivity index (χ4n) is 1.63. The second kappa shape index (κ2) is 16.7. The molecule has 0 N–H and O–H groups in total. The molecule has 104 valence electrons. The van der Waals surface area contributed by atoms with E-state index in [2.05, 4.69) is 13.8 Å². The molecule has 0 saturated carbocycles. The molecule has 0 rings (SSSR count). The van der Waals surface area contributed by atoms with E-state index in [-0.39, 0.29) is 0 Å². The molecular weight excluding hydrogens is 248 g/mol. The lowest BCUT2D eigenvalue weighted by Gasteiger charge is -2.02. The maximum absolute atomic E-state index is 5.48. The Balaban J connectivity index is 2.85. The first-order valence-electron chi connectivity index (χ1n) is 7.32. The minimum absolute atomic E-state index is 1.16. The van der Waals surface area contributed by atoms with Crippen LogP contribution in [0.1, 0.15) is 78.1 Å². The van der Waals surface area contributed by atoms with Crippen molar-refractivity contribution in [3.8, 4) is 0 Å². The molecule has 0 aliphatic heterocycles. The van der Waals surface area contributed by atoms with Gasteiger partial charge in [-0.3, -0.25) is 0 Å². The van der Waals surface area contributed by atoms with Crippen LogP contribution in [0.25, 0.3) is 0 Å². The van der Waals surface area contributed by atoms with Crippen LogP contribution in [0.15, 0.2) is 0 Å². The molecule has 0 aliphatic carbocycles. The highest BCUT2D eigenvalue weighted by Gasteiger charge is 1.94. The first-order chi connectivity index (χ1) is 8.41. The Morgan fingerprint density at radius 2 is 1.00 bits per heavy atom. The minimum atomic E-state index is 1.16. The van der Waals surface area contributed by atoms with E-state index in [0.717, 1.165) is 11.5 Å². The van der Waals surface area contributed by atoms with Crippen molar-refractivity contribution in [3.05, 3.63) is 0 Å². The zero-order chi connectivity index (χ0) is 12.6. The largest absolute Gasteiger partial charge is 0.247 e. The van der Waals surface area contributed by atoms with E-state index < -0.39 is 0 Å². The Morgan fingerprint density at radius 3 is 1.41 bits per heavy atom. The lowest BCUT2D eigenvalue weighted by Crippen LogP contribution is -1.84. The summed E-state index contributed by atoms with van der Waals surface area (Å²) in [6, 6.07) is 0. The van der Waals surface area contributed by atoms with Gasteiger partial charge in [0.1, 0.15) is 0 Å². The van der Waals surface area contributed by atoms with Crippen molar-refractivity contribution in [1.82, 2.24) is 0 Å². The molecule has 0 fully saturated rings. The molecule has 3 heteroatoms. The average Bonchev–Trinajstić information content (AvgIpc) is 2.35. The fourth-order valence-corrected chi connectivity index (χ4v) is 3.09. The van der Waals surface area contributed by atoms with Gasteiger partial charge in [0, 0.05) is 35.6 Å². The Bertz CT molecular complexity index is 117. The molecule has 1 nitrogen and oxygen atoms in total. The number of hydrogen-bond acceptors (Lipinski definition) is 3. The minimum Gasteiger partial charge on any atom is -0.247 e. The monoisotopic (exact) mass is 278 g/mol. The van der Waals surface area contributed by atoms with Crippen molar-refractivity contribution in [1.29, 1.82) is 0 Å². The molecule has 0 radical (unpaired) electrons. The Kier molecular flexibility index (Phi) is 17.3. The molecule has 0 aliphatic rings. The molecule has 0 amide bonds. The molecule has 0 heterocycles. The molecule has 17 heavy (non-hydrogen) atoms. The second-order valence-corrected chi connectivity index (χ2v) is 6.37. The maximum Gasteiger partial charge on any atom is 0.0210 e. The van der Waals surface area contributed by atoms with E-state index in [1.807, 2.05) is 0 Å². The molecule has 0 atom stereocenters. The quantitative estimate of drug-likeness (QED) is 0.275. The van der Waals surface area contributed by atoms with Gasteiger partial charge in [-0.05, 0) is 12.8 Å². The summed E-state index contributed by atoms with van der Waals surface area (Å²) >= 11 is 3.29. The van der Waals surface area contributed by atoms with Crippen LogP contribution in [0.4, 0.5) is 0 Å². The van der Waals surface area contributed by atoms with Crippen LogP contribution in [0.3, 0.4) is 0 Å². The van der Waals surface area contributed by atoms with Gasteiger partial charge in [-0.1, -0.05) is 65.2 Å². The van der Waals surface area contributed by atoms with E-state index in [1.165, 1.54) is 64.2 Å². The zero-order valence-electron chi connectivity index (χ0n) is 11.7. The smallest absolute Gasteiger partial charge is 0.0210 e. The maximum atomic E-state index is 5.48. The van der Waals surface area contributed by atoms with Crippen molar-refractivity contribution in [2.75, 3.05) is 11.5 Å². The molecule has 0 spiro atoms. The van der Waals surface area contributed by atoms with Crippen LogP contribution >= 0.6 is 24.1 Å². The molecule has 0 bridgehead atoms. The van der Waals surface area contributed by atoms with Gasteiger partial charge < -0.3 is 0 Å². The van der Waals surface area contributed by atoms with Crippen molar-refractivity contribution in [2.45, 2.75) is 78.1 Å². The Labute approximate surface area is 117 Å². The van der Waals surface area contributed by atoms with Crippen molar-refractivity contribution >= 4 is 24.1 Å². The first kappa shape index (κ1) is 17.7. The van der Waals surface area contributed by atoms with Crippen LogP contribution in [0, 0.1) is 0 Å². The molecule has 0 aromatic rings. The van der Waals surface area contributed by atoms with Crippen LogP contribution in [0.2, 0.25) is 0 Å². The van der Waals surface area contributed by atoms with Gasteiger partial charge in [0.25, 0.3) is 0 Å². The Morgan fingerprint density at radius 1 is 0.588 bits per heavy atom. The van der Waals surface area contributed by atoms with Crippen molar-refractivity contribution < 1.29 is 3.63 Å². The third-order valence-corrected chi connectivity index (χ3v) is 4.44. The molecule has 0 unspecified atom stereocenters. The predicted molar refractivity (Wildman–Crippen MR) is 83.5 cm³/mol. The average molecular weight is 279 g/mol. The first-order valence-corrected chi connectivity index (χ1v) is 9.15. The lowest BCUT2D eigenvalue weighted by atomic mass is 10.2. The molecule has 0 aromatic heterocycles. The summed E-state index contributed by atoms with van der Waals surface area (Å²) in [5, 5.41) is 0.